The van der Waals surface area contributed by atoms with E-state index in [-0.39, 0.29) is 12.0 Å². The fraction of sp³-hybridized carbons (Fsp3) is 0.471. The number of hydrogen-bond donors (Lipinski definition) is 1. The van der Waals surface area contributed by atoms with Gasteiger partial charge in [0.05, 0.1) is 6.61 Å². The van der Waals surface area contributed by atoms with E-state index in [1.807, 2.05) is 26.0 Å². The number of carbonyl (C=O) groups is 1. The van der Waals surface area contributed by atoms with Crippen molar-refractivity contribution in [2.75, 3.05) is 6.61 Å². The summed E-state index contributed by atoms with van der Waals surface area (Å²) < 4.78 is 13.1. The SMILES string of the molecule is CCOc1cc2c(cc1CNC(=O)[C@@H](C)n1cncn1)O[C@H](C)C2. The molecule has 0 spiro atoms. The number of benzene rings is 1. The van der Waals surface area contributed by atoms with Crippen molar-refractivity contribution in [3.8, 4) is 11.5 Å². The van der Waals surface area contributed by atoms with Gasteiger partial charge in [-0.1, -0.05) is 0 Å². The van der Waals surface area contributed by atoms with Crippen LogP contribution in [-0.4, -0.2) is 33.4 Å². The fourth-order valence-electron chi connectivity index (χ4n) is 2.78. The van der Waals surface area contributed by atoms with Crippen LogP contribution in [0.15, 0.2) is 24.8 Å². The minimum Gasteiger partial charge on any atom is -0.494 e. The number of rotatable bonds is 6. The third-order valence-corrected chi connectivity index (χ3v) is 4.04. The normalized spacial score (nSPS) is 17.0. The number of nitrogens with zero attached hydrogens (tertiary/aromatic N) is 3. The van der Waals surface area contributed by atoms with Gasteiger partial charge >= 0.3 is 0 Å². The minimum atomic E-state index is -0.422. The first kappa shape index (κ1) is 16.3. The molecule has 1 N–H and O–H groups in total. The zero-order valence-electron chi connectivity index (χ0n) is 14.2. The highest BCUT2D eigenvalue weighted by Gasteiger charge is 2.22. The van der Waals surface area contributed by atoms with E-state index in [1.54, 1.807) is 6.92 Å². The molecular formula is C17H22N4O3. The van der Waals surface area contributed by atoms with E-state index in [2.05, 4.69) is 15.4 Å². The topological polar surface area (TPSA) is 78.3 Å². The Morgan fingerprint density at radius 2 is 2.38 bits per heavy atom. The Bertz CT molecular complexity index is 715. The van der Waals surface area contributed by atoms with Crippen LogP contribution in [0.5, 0.6) is 11.5 Å². The van der Waals surface area contributed by atoms with Crippen LogP contribution in [0.3, 0.4) is 0 Å². The average Bonchev–Trinajstić information content (AvgIpc) is 3.20. The molecule has 0 saturated heterocycles. The largest absolute Gasteiger partial charge is 0.494 e. The van der Waals surface area contributed by atoms with E-state index in [0.717, 1.165) is 29.0 Å². The maximum absolute atomic E-state index is 12.3. The van der Waals surface area contributed by atoms with E-state index in [4.69, 9.17) is 9.47 Å². The first-order valence-corrected chi connectivity index (χ1v) is 8.15. The minimum absolute atomic E-state index is 0.127. The lowest BCUT2D eigenvalue weighted by atomic mass is 10.1. The highest BCUT2D eigenvalue weighted by Crippen LogP contribution is 2.35. The first-order chi connectivity index (χ1) is 11.6. The van der Waals surface area contributed by atoms with Crippen molar-refractivity contribution >= 4 is 5.91 Å². The smallest absolute Gasteiger partial charge is 0.244 e. The van der Waals surface area contributed by atoms with Gasteiger partial charge in [0.25, 0.3) is 0 Å². The molecule has 0 fully saturated rings. The third-order valence-electron chi connectivity index (χ3n) is 4.04. The second kappa shape index (κ2) is 6.90. The molecule has 0 unspecified atom stereocenters. The molecule has 2 heterocycles. The Morgan fingerprint density at radius 1 is 1.54 bits per heavy atom. The van der Waals surface area contributed by atoms with Gasteiger partial charge in [0, 0.05) is 24.1 Å². The van der Waals surface area contributed by atoms with Crippen LogP contribution in [0.4, 0.5) is 0 Å². The van der Waals surface area contributed by atoms with Crippen LogP contribution in [0.25, 0.3) is 0 Å². The molecule has 0 aliphatic carbocycles. The van der Waals surface area contributed by atoms with Crippen LogP contribution in [0.2, 0.25) is 0 Å². The summed E-state index contributed by atoms with van der Waals surface area (Å²) in [5, 5.41) is 6.92. The molecule has 7 nitrogen and oxygen atoms in total. The van der Waals surface area contributed by atoms with Crippen LogP contribution in [0, 0.1) is 0 Å². The summed E-state index contributed by atoms with van der Waals surface area (Å²) in [5.41, 5.74) is 2.06. The molecule has 1 amide bonds. The van der Waals surface area contributed by atoms with Crippen LogP contribution in [-0.2, 0) is 17.8 Å². The number of amides is 1. The number of fused-ring (bicyclic) bond motifs is 1. The van der Waals surface area contributed by atoms with Crippen molar-refractivity contribution in [3.05, 3.63) is 35.9 Å². The molecule has 2 atom stereocenters. The third kappa shape index (κ3) is 3.34. The van der Waals surface area contributed by atoms with Crippen LogP contribution >= 0.6 is 0 Å². The quantitative estimate of drug-likeness (QED) is 0.875. The molecule has 0 saturated carbocycles. The standard InChI is InChI=1S/C17H22N4O3/c1-4-23-15-6-13-5-11(2)24-16(13)7-14(15)8-19-17(22)12(3)21-10-18-9-20-21/h6-7,9-12H,4-5,8H2,1-3H3,(H,19,22)/t11-,12-/m1/s1. The molecular weight excluding hydrogens is 308 g/mol. The van der Waals surface area contributed by atoms with Gasteiger partial charge in [0.2, 0.25) is 5.91 Å². The molecule has 1 aromatic carbocycles. The first-order valence-electron chi connectivity index (χ1n) is 8.15. The van der Waals surface area contributed by atoms with E-state index < -0.39 is 6.04 Å². The van der Waals surface area contributed by atoms with Gasteiger partial charge in [-0.3, -0.25) is 4.79 Å². The molecule has 0 radical (unpaired) electrons. The number of aromatic nitrogens is 3. The summed E-state index contributed by atoms with van der Waals surface area (Å²) in [6, 6.07) is 3.56. The summed E-state index contributed by atoms with van der Waals surface area (Å²) in [5.74, 6) is 1.54. The summed E-state index contributed by atoms with van der Waals surface area (Å²) in [6.45, 7) is 6.72. The second-order valence-electron chi connectivity index (χ2n) is 5.90. The van der Waals surface area contributed by atoms with Gasteiger partial charge in [-0.2, -0.15) is 5.10 Å². The van der Waals surface area contributed by atoms with E-state index in [0.29, 0.717) is 13.2 Å². The van der Waals surface area contributed by atoms with E-state index >= 15 is 0 Å². The average molecular weight is 330 g/mol. The van der Waals surface area contributed by atoms with Crippen molar-refractivity contribution in [3.63, 3.8) is 0 Å². The number of nitrogens with one attached hydrogen (secondary N) is 1. The highest BCUT2D eigenvalue weighted by atomic mass is 16.5. The molecule has 1 aromatic heterocycles. The Hall–Kier alpha value is -2.57. The van der Waals surface area contributed by atoms with E-state index in [1.165, 1.54) is 17.3 Å². The lowest BCUT2D eigenvalue weighted by Gasteiger charge is -2.15. The molecule has 0 bridgehead atoms. The predicted octanol–water partition coefficient (Wildman–Crippen LogP) is 1.88. The van der Waals surface area contributed by atoms with Gasteiger partial charge in [0.1, 0.15) is 36.3 Å². The van der Waals surface area contributed by atoms with Gasteiger partial charge in [-0.15, -0.1) is 0 Å². The number of hydrogen-bond acceptors (Lipinski definition) is 5. The maximum Gasteiger partial charge on any atom is 0.244 e. The molecule has 2 aromatic rings. The monoisotopic (exact) mass is 330 g/mol. The number of carbonyl (C=O) groups excluding carboxylic acids is 1. The van der Waals surface area contributed by atoms with Gasteiger partial charge < -0.3 is 14.8 Å². The Labute approximate surface area is 141 Å². The zero-order valence-corrected chi connectivity index (χ0v) is 14.2. The van der Waals surface area contributed by atoms with Crippen molar-refractivity contribution in [1.29, 1.82) is 0 Å². The van der Waals surface area contributed by atoms with E-state index in [9.17, 15) is 4.79 Å². The van der Waals surface area contributed by atoms with Crippen molar-refractivity contribution in [2.45, 2.75) is 45.9 Å². The zero-order chi connectivity index (χ0) is 17.1. The lowest BCUT2D eigenvalue weighted by molar-refractivity contribution is -0.124. The van der Waals surface area contributed by atoms with Gasteiger partial charge in [-0.05, 0) is 32.9 Å². The molecule has 7 heteroatoms. The molecule has 24 heavy (non-hydrogen) atoms. The maximum atomic E-state index is 12.3. The van der Waals surface area contributed by atoms with Crippen molar-refractivity contribution < 1.29 is 14.3 Å². The lowest BCUT2D eigenvalue weighted by Crippen LogP contribution is -2.31. The number of ether oxygens (including phenoxy) is 2. The van der Waals surface area contributed by atoms with Gasteiger partial charge in [0.15, 0.2) is 0 Å². The van der Waals surface area contributed by atoms with Crippen molar-refractivity contribution in [1.82, 2.24) is 20.1 Å². The summed E-state index contributed by atoms with van der Waals surface area (Å²) in [6.07, 6.45) is 3.99. The molecule has 3 rings (SSSR count). The predicted molar refractivity (Wildman–Crippen MR) is 88.0 cm³/mol. The molecule has 1 aliphatic heterocycles. The van der Waals surface area contributed by atoms with Crippen LogP contribution < -0.4 is 14.8 Å². The Kier molecular flexibility index (Phi) is 4.69. The molecule has 128 valence electrons. The second-order valence-corrected chi connectivity index (χ2v) is 5.90. The Balaban J connectivity index is 1.72. The molecule has 1 aliphatic rings. The van der Waals surface area contributed by atoms with Gasteiger partial charge in [-0.25, -0.2) is 9.67 Å². The van der Waals surface area contributed by atoms with Crippen molar-refractivity contribution in [2.24, 2.45) is 0 Å². The fourth-order valence-corrected chi connectivity index (χ4v) is 2.78. The summed E-state index contributed by atoms with van der Waals surface area (Å²) in [4.78, 5) is 16.2. The van der Waals surface area contributed by atoms with Crippen LogP contribution in [0.1, 0.15) is 37.9 Å². The summed E-state index contributed by atoms with van der Waals surface area (Å²) in [7, 11) is 0. The summed E-state index contributed by atoms with van der Waals surface area (Å²) >= 11 is 0. The highest BCUT2D eigenvalue weighted by molar-refractivity contribution is 5.79. The Morgan fingerprint density at radius 3 is 3.08 bits per heavy atom.